The molecule has 162 valence electrons. The fourth-order valence-corrected chi connectivity index (χ4v) is 3.61. The van der Waals surface area contributed by atoms with Crippen LogP contribution in [-0.2, 0) is 12.8 Å². The third-order valence-corrected chi connectivity index (χ3v) is 5.72. The van der Waals surface area contributed by atoms with Gasteiger partial charge in [0.15, 0.2) is 0 Å². The van der Waals surface area contributed by atoms with Gasteiger partial charge >= 0.3 is 0 Å². The molecule has 0 spiro atoms. The lowest BCUT2D eigenvalue weighted by Crippen LogP contribution is -1.87. The first-order valence-corrected chi connectivity index (χ1v) is 12.1. The Bertz CT molecular complexity index is 1060. The summed E-state index contributed by atoms with van der Waals surface area (Å²) in [6.07, 6.45) is 10.3. The molecule has 0 amide bonds. The van der Waals surface area contributed by atoms with Crippen LogP contribution in [0.3, 0.4) is 0 Å². The predicted molar refractivity (Wildman–Crippen MR) is 138 cm³/mol. The quantitative estimate of drug-likeness (QED) is 0.257. The largest absolute Gasteiger partial charge is 0.0654 e. The highest BCUT2D eigenvalue weighted by Gasteiger charge is 1.95. The number of hydrogen-bond donors (Lipinski definition) is 0. The lowest BCUT2D eigenvalue weighted by atomic mass is 10.0. The lowest BCUT2D eigenvalue weighted by molar-refractivity contribution is 0.607. The molecule has 3 aromatic rings. The second kappa shape index (κ2) is 13.2. The highest BCUT2D eigenvalue weighted by molar-refractivity contribution is 5.48. The second-order valence-electron chi connectivity index (χ2n) is 8.34. The number of aryl methyl sites for hydroxylation is 2. The topological polar surface area (TPSA) is 0 Å². The van der Waals surface area contributed by atoms with Crippen LogP contribution in [0.4, 0.5) is 0 Å². The van der Waals surface area contributed by atoms with E-state index in [9.17, 15) is 0 Å². The van der Waals surface area contributed by atoms with E-state index in [1.54, 1.807) is 0 Å². The van der Waals surface area contributed by atoms with E-state index >= 15 is 0 Å². The van der Waals surface area contributed by atoms with Gasteiger partial charge in [0.1, 0.15) is 0 Å². The third kappa shape index (κ3) is 8.13. The molecule has 0 saturated carbocycles. The summed E-state index contributed by atoms with van der Waals surface area (Å²) in [5.41, 5.74) is 6.89. The number of hydrogen-bond acceptors (Lipinski definition) is 0. The van der Waals surface area contributed by atoms with Crippen molar-refractivity contribution in [2.45, 2.75) is 65.2 Å². The molecule has 0 radical (unpaired) electrons. The van der Waals surface area contributed by atoms with Gasteiger partial charge in [-0.2, -0.15) is 0 Å². The molecule has 0 heteroatoms. The lowest BCUT2D eigenvalue weighted by Gasteiger charge is -2.02. The molecule has 32 heavy (non-hydrogen) atoms. The van der Waals surface area contributed by atoms with E-state index in [4.69, 9.17) is 0 Å². The number of benzene rings is 3. The molecule has 0 saturated heterocycles. The molecule has 0 bridgehead atoms. The molecule has 0 aliphatic rings. The minimum absolute atomic E-state index is 1.01. The first-order chi connectivity index (χ1) is 15.8. The van der Waals surface area contributed by atoms with Crippen molar-refractivity contribution in [2.75, 3.05) is 0 Å². The van der Waals surface area contributed by atoms with Crippen LogP contribution in [0, 0.1) is 23.7 Å². The first-order valence-electron chi connectivity index (χ1n) is 12.1. The van der Waals surface area contributed by atoms with Crippen LogP contribution >= 0.6 is 0 Å². The van der Waals surface area contributed by atoms with E-state index in [1.165, 1.54) is 56.1 Å². The van der Waals surface area contributed by atoms with E-state index < -0.39 is 0 Å². The zero-order chi connectivity index (χ0) is 22.4. The van der Waals surface area contributed by atoms with Crippen molar-refractivity contribution in [3.05, 3.63) is 106 Å². The minimum atomic E-state index is 1.01. The van der Waals surface area contributed by atoms with Gasteiger partial charge in [-0.15, -0.1) is 0 Å². The maximum Gasteiger partial charge on any atom is 0.0249 e. The van der Waals surface area contributed by atoms with Gasteiger partial charge in [0.05, 0.1) is 0 Å². The number of unbranched alkanes of at least 4 members (excludes halogenated alkanes) is 5. The summed E-state index contributed by atoms with van der Waals surface area (Å²) in [6.45, 7) is 4.43. The van der Waals surface area contributed by atoms with Gasteiger partial charge in [-0.3, -0.25) is 0 Å². The third-order valence-electron chi connectivity index (χ3n) is 5.72. The van der Waals surface area contributed by atoms with Crippen LogP contribution < -0.4 is 0 Å². The number of rotatable bonds is 8. The van der Waals surface area contributed by atoms with Gasteiger partial charge in [-0.25, -0.2) is 0 Å². The van der Waals surface area contributed by atoms with Gasteiger partial charge < -0.3 is 0 Å². The summed E-state index contributed by atoms with van der Waals surface area (Å²) >= 11 is 0. The monoisotopic (exact) mass is 418 g/mol. The molecular weight excluding hydrogens is 384 g/mol. The van der Waals surface area contributed by atoms with Crippen LogP contribution in [0.15, 0.2) is 72.8 Å². The molecule has 0 unspecified atom stereocenters. The molecule has 0 nitrogen and oxygen atoms in total. The van der Waals surface area contributed by atoms with Crippen molar-refractivity contribution in [1.29, 1.82) is 0 Å². The van der Waals surface area contributed by atoms with E-state index in [1.807, 2.05) is 24.3 Å². The standard InChI is InChI=1S/C32H34/c1-3-5-6-7-8-9-10-28-15-17-30(18-16-28)21-22-32-25-23-31(24-26-32)20-19-29-13-11-27(4-2)12-14-29/h11-18,23-26H,3-10H2,1-2H3. The van der Waals surface area contributed by atoms with Gasteiger partial charge in [-0.05, 0) is 78.9 Å². The smallest absolute Gasteiger partial charge is 0.0249 e. The molecule has 3 rings (SSSR count). The van der Waals surface area contributed by atoms with Crippen LogP contribution in [0.5, 0.6) is 0 Å². The Morgan fingerprint density at radius 1 is 0.438 bits per heavy atom. The summed E-state index contributed by atoms with van der Waals surface area (Å²) in [5, 5.41) is 0. The molecule has 0 heterocycles. The highest BCUT2D eigenvalue weighted by atomic mass is 14.0. The average Bonchev–Trinajstić information content (AvgIpc) is 2.85. The van der Waals surface area contributed by atoms with Crippen molar-refractivity contribution in [3.63, 3.8) is 0 Å². The summed E-state index contributed by atoms with van der Waals surface area (Å²) in [7, 11) is 0. The fraction of sp³-hybridized carbons (Fsp3) is 0.312. The molecule has 0 aromatic heterocycles. The van der Waals surface area contributed by atoms with Gasteiger partial charge in [-0.1, -0.05) is 93.9 Å². The Kier molecular flexibility index (Phi) is 9.71. The molecule has 0 atom stereocenters. The van der Waals surface area contributed by atoms with Gasteiger partial charge in [0, 0.05) is 22.3 Å². The maximum absolute atomic E-state index is 3.28. The second-order valence-corrected chi connectivity index (χ2v) is 8.34. The maximum atomic E-state index is 3.28. The molecule has 0 aliphatic heterocycles. The Morgan fingerprint density at radius 3 is 1.25 bits per heavy atom. The zero-order valence-corrected chi connectivity index (χ0v) is 19.6. The molecule has 3 aromatic carbocycles. The van der Waals surface area contributed by atoms with Crippen molar-refractivity contribution >= 4 is 0 Å². The zero-order valence-electron chi connectivity index (χ0n) is 19.6. The predicted octanol–water partition coefficient (Wildman–Crippen LogP) is 7.95. The van der Waals surface area contributed by atoms with E-state index in [0.717, 1.165) is 28.7 Å². The Labute approximate surface area is 195 Å². The summed E-state index contributed by atoms with van der Waals surface area (Å²) in [4.78, 5) is 0. The van der Waals surface area contributed by atoms with Crippen LogP contribution in [-0.4, -0.2) is 0 Å². The Hall–Kier alpha value is -3.22. The average molecular weight is 419 g/mol. The minimum Gasteiger partial charge on any atom is -0.0654 e. The molecule has 0 N–H and O–H groups in total. The molecular formula is C32H34. The van der Waals surface area contributed by atoms with E-state index in [-0.39, 0.29) is 0 Å². The van der Waals surface area contributed by atoms with Crippen LogP contribution in [0.1, 0.15) is 85.8 Å². The van der Waals surface area contributed by atoms with Crippen molar-refractivity contribution in [3.8, 4) is 23.7 Å². The van der Waals surface area contributed by atoms with E-state index in [2.05, 4.69) is 86.1 Å². The van der Waals surface area contributed by atoms with Crippen molar-refractivity contribution in [1.82, 2.24) is 0 Å². The molecule has 0 fully saturated rings. The van der Waals surface area contributed by atoms with Crippen molar-refractivity contribution in [2.24, 2.45) is 0 Å². The SMILES string of the molecule is CCCCCCCCc1ccc(C#Cc2ccc(C#Cc3ccc(CC)cc3)cc2)cc1. The fourth-order valence-electron chi connectivity index (χ4n) is 3.61. The summed E-state index contributed by atoms with van der Waals surface area (Å²) in [6, 6.07) is 25.4. The molecule has 0 aliphatic carbocycles. The van der Waals surface area contributed by atoms with Gasteiger partial charge in [0.2, 0.25) is 0 Å². The van der Waals surface area contributed by atoms with Gasteiger partial charge in [0.25, 0.3) is 0 Å². The normalized spacial score (nSPS) is 10.1. The van der Waals surface area contributed by atoms with Crippen molar-refractivity contribution < 1.29 is 0 Å². The summed E-state index contributed by atoms with van der Waals surface area (Å²) < 4.78 is 0. The highest BCUT2D eigenvalue weighted by Crippen LogP contribution is 2.11. The first kappa shape index (κ1) is 23.4. The summed E-state index contributed by atoms with van der Waals surface area (Å²) in [5.74, 6) is 13.0. The Morgan fingerprint density at radius 2 is 0.812 bits per heavy atom. The van der Waals surface area contributed by atoms with Crippen LogP contribution in [0.2, 0.25) is 0 Å². The van der Waals surface area contributed by atoms with E-state index in [0.29, 0.717) is 0 Å². The van der Waals surface area contributed by atoms with Crippen LogP contribution in [0.25, 0.3) is 0 Å². The Balaban J connectivity index is 1.50.